The van der Waals surface area contributed by atoms with E-state index in [1.54, 1.807) is 24.3 Å². The molecular weight excluding hydrogens is 394 g/mol. The van der Waals surface area contributed by atoms with E-state index in [-0.39, 0.29) is 11.5 Å². The number of aryl methyl sites for hydroxylation is 1. The first-order valence-electron chi connectivity index (χ1n) is 9.98. The molecule has 1 fully saturated rings. The number of benzene rings is 1. The van der Waals surface area contributed by atoms with Gasteiger partial charge in [-0.1, -0.05) is 44.2 Å². The van der Waals surface area contributed by atoms with Crippen molar-refractivity contribution in [2.24, 2.45) is 5.92 Å². The van der Waals surface area contributed by atoms with Gasteiger partial charge in [0.1, 0.15) is 0 Å². The lowest BCUT2D eigenvalue weighted by Crippen LogP contribution is -2.11. The van der Waals surface area contributed by atoms with Gasteiger partial charge < -0.3 is 4.84 Å². The van der Waals surface area contributed by atoms with Crippen LogP contribution < -0.4 is 0 Å². The molecule has 1 N–H and O–H groups in total. The zero-order valence-electron chi connectivity index (χ0n) is 16.6. The van der Waals surface area contributed by atoms with Crippen LogP contribution in [0.1, 0.15) is 49.8 Å². The number of nitrogens with one attached hydrogen (secondary N) is 1. The Morgan fingerprint density at radius 3 is 2.52 bits per heavy atom. The largest absolute Gasteiger partial charge is 0.314 e. The van der Waals surface area contributed by atoms with Crippen molar-refractivity contribution in [2.75, 3.05) is 12.9 Å². The van der Waals surface area contributed by atoms with Crippen molar-refractivity contribution >= 4 is 9.84 Å². The van der Waals surface area contributed by atoms with Crippen LogP contribution in [0, 0.1) is 16.0 Å². The lowest BCUT2D eigenvalue weighted by Gasteiger charge is -2.22. The Balaban J connectivity index is 1.83. The van der Waals surface area contributed by atoms with E-state index < -0.39 is 14.9 Å². The van der Waals surface area contributed by atoms with Gasteiger partial charge in [0.15, 0.2) is 9.84 Å². The number of hydrogen-bond donors (Lipinski definition) is 1. The lowest BCUT2D eigenvalue weighted by molar-refractivity contribution is -0.757. The van der Waals surface area contributed by atoms with Crippen LogP contribution in [0.25, 0.3) is 11.3 Å². The Bertz CT molecular complexity index is 932. The van der Waals surface area contributed by atoms with Crippen LogP contribution in [-0.4, -0.2) is 36.6 Å². The molecule has 1 aromatic heterocycles. The summed E-state index contributed by atoms with van der Waals surface area (Å²) in [6.07, 6.45) is 9.36. The molecule has 8 nitrogen and oxygen atoms in total. The molecular formula is C20H27N3O5S. The second kappa shape index (κ2) is 9.39. The molecule has 1 aliphatic rings. The second-order valence-corrected chi connectivity index (χ2v) is 9.70. The zero-order valence-corrected chi connectivity index (χ0v) is 17.4. The van der Waals surface area contributed by atoms with Gasteiger partial charge >= 0.3 is 0 Å². The molecule has 0 radical (unpaired) electrons. The maximum absolute atomic E-state index is 11.7. The summed E-state index contributed by atoms with van der Waals surface area (Å²) in [4.78, 5) is 15.0. The molecule has 0 unspecified atom stereocenters. The highest BCUT2D eigenvalue weighted by Gasteiger charge is 2.21. The predicted octanol–water partition coefficient (Wildman–Crippen LogP) is 3.74. The molecule has 158 valence electrons. The molecule has 29 heavy (non-hydrogen) atoms. The second-order valence-electron chi connectivity index (χ2n) is 7.69. The van der Waals surface area contributed by atoms with Crippen molar-refractivity contribution in [1.82, 2.24) is 10.2 Å². The summed E-state index contributed by atoms with van der Waals surface area (Å²) in [6, 6.07) is 6.82. The van der Waals surface area contributed by atoms with E-state index in [1.807, 2.05) is 0 Å². The van der Waals surface area contributed by atoms with Gasteiger partial charge in [-0.3, -0.25) is 5.10 Å². The van der Waals surface area contributed by atoms with Gasteiger partial charge in [0, 0.05) is 11.8 Å². The summed E-state index contributed by atoms with van der Waals surface area (Å²) >= 11 is 0. The third kappa shape index (κ3) is 5.79. The van der Waals surface area contributed by atoms with Crippen LogP contribution in [0.3, 0.4) is 0 Å². The van der Waals surface area contributed by atoms with E-state index in [4.69, 9.17) is 0 Å². The van der Waals surface area contributed by atoms with Crippen LogP contribution in [0.5, 0.6) is 0 Å². The topological polar surface area (TPSA) is 115 Å². The quantitative estimate of drug-likeness (QED) is 0.375. The summed E-state index contributed by atoms with van der Waals surface area (Å²) in [5, 5.41) is 17.2. The van der Waals surface area contributed by atoms with E-state index in [0.717, 1.165) is 28.9 Å². The van der Waals surface area contributed by atoms with E-state index in [2.05, 4.69) is 15.0 Å². The first-order valence-corrected chi connectivity index (χ1v) is 11.9. The first kappa shape index (κ1) is 21.3. The van der Waals surface area contributed by atoms with Crippen LogP contribution in [0.2, 0.25) is 0 Å². The Kier molecular flexibility index (Phi) is 6.89. The monoisotopic (exact) mass is 421 g/mol. The van der Waals surface area contributed by atoms with Gasteiger partial charge in [-0.25, -0.2) is 8.42 Å². The molecule has 1 aromatic carbocycles. The maximum atomic E-state index is 11.7. The summed E-state index contributed by atoms with van der Waals surface area (Å²) in [7, 11) is -3.25. The van der Waals surface area contributed by atoms with Gasteiger partial charge in [0.25, 0.3) is 5.09 Å². The first-order chi connectivity index (χ1) is 13.8. The number of sulfone groups is 1. The lowest BCUT2D eigenvalue weighted by atomic mass is 9.83. The fourth-order valence-electron chi connectivity index (χ4n) is 4.00. The standard InChI is InChI=1S/C20H27N3O5S/c1-29(26,27)17-11-9-16(10-12-17)20-18(14-15-6-3-2-4-7-15)19(21-22-20)8-5-13-28-23(24)25/h9-12,15H,2-8,13-14H2,1H3,(H,21,22). The molecule has 1 saturated carbocycles. The predicted molar refractivity (Wildman–Crippen MR) is 109 cm³/mol. The molecule has 2 aromatic rings. The molecule has 1 heterocycles. The Labute approximate surface area is 170 Å². The van der Waals surface area contributed by atoms with E-state index in [0.29, 0.717) is 18.8 Å². The maximum Gasteiger partial charge on any atom is 0.294 e. The molecule has 0 spiro atoms. The van der Waals surface area contributed by atoms with Gasteiger partial charge in [-0.15, -0.1) is 10.1 Å². The molecule has 1 aliphatic carbocycles. The molecule has 0 atom stereocenters. The molecule has 0 bridgehead atoms. The number of hydrogen-bond acceptors (Lipinski definition) is 6. The minimum absolute atomic E-state index is 0.0428. The van der Waals surface area contributed by atoms with Gasteiger partial charge in [0.2, 0.25) is 0 Å². The summed E-state index contributed by atoms with van der Waals surface area (Å²) in [5.74, 6) is 0.601. The van der Waals surface area contributed by atoms with Crippen LogP contribution in [0.15, 0.2) is 29.2 Å². The Hall–Kier alpha value is -2.42. The van der Waals surface area contributed by atoms with E-state index in [9.17, 15) is 18.5 Å². The summed E-state index contributed by atoms with van der Waals surface area (Å²) < 4.78 is 23.5. The fourth-order valence-corrected chi connectivity index (χ4v) is 4.63. The van der Waals surface area contributed by atoms with Crippen molar-refractivity contribution in [1.29, 1.82) is 0 Å². The molecule has 0 aliphatic heterocycles. The SMILES string of the molecule is CS(=O)(=O)c1ccc(-c2[nH]nc(CCCO[N+](=O)[O-])c2CC2CCCCC2)cc1. The summed E-state index contributed by atoms with van der Waals surface area (Å²) in [5.41, 5.74) is 3.83. The number of nitrogens with zero attached hydrogens (tertiary/aromatic N) is 2. The van der Waals surface area contributed by atoms with E-state index >= 15 is 0 Å². The van der Waals surface area contributed by atoms with Gasteiger partial charge in [-0.2, -0.15) is 5.10 Å². The van der Waals surface area contributed by atoms with Crippen molar-refractivity contribution in [2.45, 2.75) is 56.3 Å². The smallest absolute Gasteiger partial charge is 0.294 e. The van der Waals surface area contributed by atoms with Crippen LogP contribution in [-0.2, 0) is 27.5 Å². The number of aromatic nitrogens is 2. The highest BCUT2D eigenvalue weighted by molar-refractivity contribution is 7.90. The Morgan fingerprint density at radius 2 is 1.90 bits per heavy atom. The normalized spacial score (nSPS) is 15.3. The minimum atomic E-state index is -3.25. The zero-order chi connectivity index (χ0) is 20.9. The highest BCUT2D eigenvalue weighted by Crippen LogP contribution is 2.32. The van der Waals surface area contributed by atoms with Crippen molar-refractivity contribution < 1.29 is 18.3 Å². The minimum Gasteiger partial charge on any atom is -0.314 e. The Morgan fingerprint density at radius 1 is 1.21 bits per heavy atom. The van der Waals surface area contributed by atoms with Crippen LogP contribution >= 0.6 is 0 Å². The molecule has 0 amide bonds. The third-order valence-electron chi connectivity index (χ3n) is 5.50. The number of aromatic amines is 1. The van der Waals surface area contributed by atoms with Crippen molar-refractivity contribution in [3.63, 3.8) is 0 Å². The average molecular weight is 422 g/mol. The number of rotatable bonds is 9. The third-order valence-corrected chi connectivity index (χ3v) is 6.62. The summed E-state index contributed by atoms with van der Waals surface area (Å²) in [6.45, 7) is 0.0428. The average Bonchev–Trinajstić information content (AvgIpc) is 3.08. The van der Waals surface area contributed by atoms with Crippen molar-refractivity contribution in [3.8, 4) is 11.3 Å². The molecule has 3 rings (SSSR count). The molecule has 9 heteroatoms. The van der Waals surface area contributed by atoms with Gasteiger partial charge in [0.05, 0.1) is 22.9 Å². The van der Waals surface area contributed by atoms with Crippen molar-refractivity contribution in [3.05, 3.63) is 45.6 Å². The fraction of sp³-hybridized carbons (Fsp3) is 0.550. The van der Waals surface area contributed by atoms with E-state index in [1.165, 1.54) is 38.4 Å². The van der Waals surface area contributed by atoms with Crippen LogP contribution in [0.4, 0.5) is 0 Å². The molecule has 0 saturated heterocycles. The van der Waals surface area contributed by atoms with Gasteiger partial charge in [-0.05, 0) is 42.9 Å². The highest BCUT2D eigenvalue weighted by atomic mass is 32.2. The number of H-pyrrole nitrogens is 1.